The average Bonchev–Trinajstić information content (AvgIpc) is 3.17. The maximum absolute atomic E-state index is 12.1. The molecule has 1 N–H and O–H groups in total. The van der Waals surface area contributed by atoms with Gasteiger partial charge in [0.25, 0.3) is 11.6 Å². The molecule has 2 aliphatic rings. The predicted octanol–water partition coefficient (Wildman–Crippen LogP) is 1.29. The molecule has 5 nitrogen and oxygen atoms in total. The Labute approximate surface area is 113 Å². The number of anilines is 1. The molecule has 96 valence electrons. The van der Waals surface area contributed by atoms with Gasteiger partial charge in [-0.3, -0.25) is 14.9 Å². The molecular weight excluding hydrogens is 264 g/mol. The summed E-state index contributed by atoms with van der Waals surface area (Å²) in [4.78, 5) is 22.5. The largest absolute Gasteiger partial charge is 0.322 e. The highest BCUT2D eigenvalue weighted by Gasteiger charge is 2.57. The highest BCUT2D eigenvalue weighted by molar-refractivity contribution is 7.88. The van der Waals surface area contributed by atoms with Gasteiger partial charge in [0.1, 0.15) is 0 Å². The molecule has 1 aromatic carbocycles. The lowest BCUT2D eigenvalue weighted by Gasteiger charge is -2.06. The molecule has 0 spiro atoms. The number of carbonyl (C=O) groups is 1. The third-order valence-corrected chi connectivity index (χ3v) is 4.40. The Balaban J connectivity index is 1.80. The van der Waals surface area contributed by atoms with Crippen molar-refractivity contribution in [2.45, 2.75) is 10.5 Å². The molecule has 2 atom stereocenters. The van der Waals surface area contributed by atoms with Crippen LogP contribution in [0.4, 0.5) is 5.69 Å². The van der Waals surface area contributed by atoms with E-state index in [1.54, 1.807) is 18.2 Å². The van der Waals surface area contributed by atoms with Gasteiger partial charge in [0, 0.05) is 11.8 Å². The number of benzene rings is 1. The SMILES string of the molecule is O=C(Nc1ccccc1)C1=CC([N+](=O)[O-])=C[C@H]2[SH+][C@@H]12. The van der Waals surface area contributed by atoms with Crippen molar-refractivity contribution in [2.75, 3.05) is 5.32 Å². The van der Waals surface area contributed by atoms with Crippen molar-refractivity contribution >= 4 is 23.4 Å². The molecule has 0 aromatic heterocycles. The zero-order valence-electron chi connectivity index (χ0n) is 9.82. The van der Waals surface area contributed by atoms with Crippen LogP contribution in [0.5, 0.6) is 0 Å². The third-order valence-electron chi connectivity index (χ3n) is 3.03. The first kappa shape index (κ1) is 12.0. The summed E-state index contributed by atoms with van der Waals surface area (Å²) in [7, 11) is 0. The molecule has 1 aliphatic carbocycles. The van der Waals surface area contributed by atoms with Gasteiger partial charge < -0.3 is 5.32 Å². The number of amides is 1. The first-order valence-corrected chi connectivity index (χ1v) is 6.82. The Morgan fingerprint density at radius 1 is 1.32 bits per heavy atom. The molecule has 1 heterocycles. The summed E-state index contributed by atoms with van der Waals surface area (Å²) in [5.41, 5.74) is 1.22. The number of nitro groups is 1. The van der Waals surface area contributed by atoms with Crippen molar-refractivity contribution in [2.24, 2.45) is 0 Å². The molecule has 1 aliphatic heterocycles. The lowest BCUT2D eigenvalue weighted by Crippen LogP contribution is -2.21. The number of rotatable bonds is 3. The quantitative estimate of drug-likeness (QED) is 0.297. The highest BCUT2D eigenvalue weighted by atomic mass is 32.2. The van der Waals surface area contributed by atoms with E-state index in [0.29, 0.717) is 11.3 Å². The van der Waals surface area contributed by atoms with Crippen molar-refractivity contribution in [1.29, 1.82) is 0 Å². The van der Waals surface area contributed by atoms with Crippen LogP contribution < -0.4 is 5.32 Å². The van der Waals surface area contributed by atoms with Gasteiger partial charge in [-0.1, -0.05) is 18.2 Å². The van der Waals surface area contributed by atoms with Crippen molar-refractivity contribution < 1.29 is 9.72 Å². The Hall–Kier alpha value is -2.08. The Bertz CT molecular complexity index is 610. The van der Waals surface area contributed by atoms with Crippen molar-refractivity contribution in [1.82, 2.24) is 0 Å². The van der Waals surface area contributed by atoms with Crippen LogP contribution in [0.1, 0.15) is 0 Å². The lowest BCUT2D eigenvalue weighted by molar-refractivity contribution is -0.419. The van der Waals surface area contributed by atoms with Gasteiger partial charge in [-0.05, 0) is 23.9 Å². The van der Waals surface area contributed by atoms with Gasteiger partial charge in [0.2, 0.25) is 0 Å². The van der Waals surface area contributed by atoms with E-state index in [0.717, 1.165) is 11.8 Å². The molecule has 1 fully saturated rings. The average molecular weight is 275 g/mol. The fourth-order valence-corrected chi connectivity index (χ4v) is 3.15. The van der Waals surface area contributed by atoms with Crippen LogP contribution in [0.25, 0.3) is 0 Å². The van der Waals surface area contributed by atoms with Crippen molar-refractivity contribution in [3.05, 3.63) is 63.9 Å². The van der Waals surface area contributed by atoms with Gasteiger partial charge in [0.15, 0.2) is 10.5 Å². The number of carbonyl (C=O) groups excluding carboxylic acids is 1. The number of hydrogen-bond acceptors (Lipinski definition) is 3. The Morgan fingerprint density at radius 3 is 2.74 bits per heavy atom. The van der Waals surface area contributed by atoms with E-state index < -0.39 is 4.92 Å². The Kier molecular flexibility index (Phi) is 2.87. The molecule has 19 heavy (non-hydrogen) atoms. The number of hydrogen-bond donors (Lipinski definition) is 1. The first-order chi connectivity index (χ1) is 9.15. The van der Waals surface area contributed by atoms with Gasteiger partial charge in [-0.2, -0.15) is 0 Å². The second-order valence-electron chi connectivity index (χ2n) is 4.35. The van der Waals surface area contributed by atoms with Crippen LogP contribution in [-0.4, -0.2) is 21.3 Å². The van der Waals surface area contributed by atoms with Crippen LogP contribution in [0.15, 0.2) is 53.8 Å². The first-order valence-electron chi connectivity index (χ1n) is 5.79. The third kappa shape index (κ3) is 2.39. The van der Waals surface area contributed by atoms with Crippen LogP contribution in [0.3, 0.4) is 0 Å². The predicted molar refractivity (Wildman–Crippen MR) is 74.6 cm³/mol. The minimum atomic E-state index is -0.445. The second kappa shape index (κ2) is 4.55. The lowest BCUT2D eigenvalue weighted by atomic mass is 10.0. The number of thiol groups is 1. The fourth-order valence-electron chi connectivity index (χ4n) is 2.04. The topological polar surface area (TPSA) is 72.2 Å². The normalized spacial score (nSPS) is 23.8. The van der Waals surface area contributed by atoms with Crippen molar-refractivity contribution in [3.63, 3.8) is 0 Å². The van der Waals surface area contributed by atoms with E-state index in [9.17, 15) is 14.9 Å². The minimum Gasteiger partial charge on any atom is -0.322 e. The summed E-state index contributed by atoms with van der Waals surface area (Å²) < 4.78 is 0. The van der Waals surface area contributed by atoms with Crippen LogP contribution in [0.2, 0.25) is 0 Å². The Morgan fingerprint density at radius 2 is 2.05 bits per heavy atom. The van der Waals surface area contributed by atoms with E-state index in [1.165, 1.54) is 6.08 Å². The van der Waals surface area contributed by atoms with Gasteiger partial charge in [-0.15, -0.1) is 0 Å². The molecule has 0 unspecified atom stereocenters. The molecule has 6 heteroatoms. The zero-order valence-corrected chi connectivity index (χ0v) is 10.7. The van der Waals surface area contributed by atoms with E-state index in [-0.39, 0.29) is 22.1 Å². The van der Waals surface area contributed by atoms with E-state index >= 15 is 0 Å². The fraction of sp³-hybridized carbons (Fsp3) is 0.154. The monoisotopic (exact) mass is 275 g/mol. The highest BCUT2D eigenvalue weighted by Crippen LogP contribution is 2.37. The summed E-state index contributed by atoms with van der Waals surface area (Å²) in [6.07, 6.45) is 3.02. The molecule has 1 aromatic rings. The maximum Gasteiger partial charge on any atom is 0.271 e. The number of para-hydroxylation sites is 1. The number of allylic oxidation sites excluding steroid dienone is 1. The number of fused-ring (bicyclic) bond motifs is 1. The molecule has 0 radical (unpaired) electrons. The smallest absolute Gasteiger partial charge is 0.271 e. The van der Waals surface area contributed by atoms with E-state index in [4.69, 9.17) is 0 Å². The second-order valence-corrected chi connectivity index (χ2v) is 5.80. The van der Waals surface area contributed by atoms with E-state index in [2.05, 4.69) is 5.32 Å². The molecular formula is C13H11N2O3S+. The number of nitrogens with one attached hydrogen (secondary N) is 1. The molecule has 1 saturated heterocycles. The van der Waals surface area contributed by atoms with Crippen molar-refractivity contribution in [3.8, 4) is 0 Å². The summed E-state index contributed by atoms with van der Waals surface area (Å²) in [6.45, 7) is 0. The minimum absolute atomic E-state index is 0.0180. The summed E-state index contributed by atoms with van der Waals surface area (Å²) >= 11 is 1.07. The van der Waals surface area contributed by atoms with E-state index in [1.807, 2.05) is 18.2 Å². The summed E-state index contributed by atoms with van der Waals surface area (Å²) in [5.74, 6) is -0.251. The number of nitrogens with zero attached hydrogens (tertiary/aromatic N) is 1. The van der Waals surface area contributed by atoms with Crippen LogP contribution >= 0.6 is 0 Å². The molecule has 0 bridgehead atoms. The van der Waals surface area contributed by atoms with Gasteiger partial charge >= 0.3 is 0 Å². The standard InChI is InChI=1S/C13H10N2O3S/c16-13(14-8-4-2-1-3-5-8)10-6-9(15(17)18)7-11-12(10)19-11/h1-7,11-12H,(H,14,16)/p+1/t11-,12+/m1/s1. The molecule has 3 rings (SSSR count). The van der Waals surface area contributed by atoms with Gasteiger partial charge in [0.05, 0.1) is 16.6 Å². The maximum atomic E-state index is 12.1. The summed E-state index contributed by atoms with van der Waals surface area (Å²) in [5, 5.41) is 13.8. The van der Waals surface area contributed by atoms with Gasteiger partial charge in [-0.25, -0.2) is 0 Å². The molecule has 0 saturated carbocycles. The summed E-state index contributed by atoms with van der Waals surface area (Å²) in [6, 6.07) is 9.08. The van der Waals surface area contributed by atoms with Crippen LogP contribution in [0, 0.1) is 10.1 Å². The zero-order chi connectivity index (χ0) is 13.4. The van der Waals surface area contributed by atoms with Crippen LogP contribution in [-0.2, 0) is 16.6 Å². The molecule has 1 amide bonds.